The highest BCUT2D eigenvalue weighted by atomic mass is 14.9. The van der Waals surface area contributed by atoms with Crippen molar-refractivity contribution in [1.82, 2.24) is 4.57 Å². The summed E-state index contributed by atoms with van der Waals surface area (Å²) < 4.78 is 2.03. The molecule has 2 aromatic rings. The van der Waals surface area contributed by atoms with Gasteiger partial charge >= 0.3 is 0 Å². The van der Waals surface area contributed by atoms with Crippen LogP contribution in [0.2, 0.25) is 0 Å². The summed E-state index contributed by atoms with van der Waals surface area (Å²) in [5.74, 6) is 0. The number of rotatable bonds is 1. The first kappa shape index (κ1) is 6.47. The van der Waals surface area contributed by atoms with Crippen LogP contribution in [0.25, 0.3) is 10.9 Å². The van der Waals surface area contributed by atoms with Crippen LogP contribution in [0.15, 0.2) is 18.2 Å². The maximum absolute atomic E-state index is 3.10. The Morgan fingerprint density at radius 1 is 1.55 bits per heavy atom. The van der Waals surface area contributed by atoms with Gasteiger partial charge in [-0.3, -0.25) is 0 Å². The molecule has 0 aliphatic rings. The highest BCUT2D eigenvalue weighted by Gasteiger charge is 1.96. The van der Waals surface area contributed by atoms with Crippen LogP contribution >= 0.6 is 0 Å². The Balaban J connectivity index is 2.76. The van der Waals surface area contributed by atoms with Gasteiger partial charge in [0.05, 0.1) is 6.20 Å². The Morgan fingerprint density at radius 2 is 2.45 bits per heavy atom. The predicted molar refractivity (Wildman–Crippen MR) is 44.1 cm³/mol. The van der Waals surface area contributed by atoms with Crippen LogP contribution in [0.5, 0.6) is 0 Å². The largest absolute Gasteiger partial charge is 0.339 e. The molecule has 0 unspecified atom stereocenters. The number of benzene rings is 1. The summed E-state index contributed by atoms with van der Waals surface area (Å²) in [5.41, 5.74) is 1.16. The van der Waals surface area contributed by atoms with E-state index in [9.17, 15) is 0 Å². The van der Waals surface area contributed by atoms with Crippen molar-refractivity contribution < 1.29 is 0 Å². The van der Waals surface area contributed by atoms with E-state index in [0.29, 0.717) is 0 Å². The molecule has 1 aromatic heterocycles. The fourth-order valence-electron chi connectivity index (χ4n) is 1.19. The third kappa shape index (κ3) is 0.929. The molecule has 0 saturated heterocycles. The Bertz CT molecular complexity index is 360. The zero-order valence-corrected chi connectivity index (χ0v) is 6.39. The topological polar surface area (TPSA) is 4.93 Å². The minimum absolute atomic E-state index is 0.942. The van der Waals surface area contributed by atoms with Crippen LogP contribution in [0.4, 0.5) is 0 Å². The maximum atomic E-state index is 3.10. The molecular formula is C10H8N. The van der Waals surface area contributed by atoms with Gasteiger partial charge in [0.25, 0.3) is 0 Å². The van der Waals surface area contributed by atoms with Gasteiger partial charge in [-0.05, 0) is 19.1 Å². The fourth-order valence-corrected chi connectivity index (χ4v) is 1.19. The monoisotopic (exact) mass is 142 g/mol. The number of aryl methyl sites for hydroxylation is 1. The zero-order chi connectivity index (χ0) is 7.68. The van der Waals surface area contributed by atoms with Gasteiger partial charge in [-0.15, -0.1) is 0 Å². The van der Waals surface area contributed by atoms with Crippen molar-refractivity contribution >= 4 is 10.9 Å². The number of hydrogen-bond acceptors (Lipinski definition) is 0. The van der Waals surface area contributed by atoms with Crippen LogP contribution in [-0.2, 0) is 6.54 Å². The summed E-state index contributed by atoms with van der Waals surface area (Å²) in [4.78, 5) is 0. The molecule has 0 fully saturated rings. The second-order valence-electron chi connectivity index (χ2n) is 2.41. The predicted octanol–water partition coefficient (Wildman–Crippen LogP) is 2.06. The van der Waals surface area contributed by atoms with Gasteiger partial charge in [0, 0.05) is 23.5 Å². The van der Waals surface area contributed by atoms with Crippen molar-refractivity contribution in [2.75, 3.05) is 0 Å². The standard InChI is InChI=1S/C10H8N/c1-2-11-8-7-9-5-3-4-6-10(9)11/h3-4,6H,2H2,1H3. The van der Waals surface area contributed by atoms with E-state index in [-0.39, 0.29) is 0 Å². The van der Waals surface area contributed by atoms with Crippen LogP contribution in [0.3, 0.4) is 0 Å². The molecule has 0 amide bonds. The summed E-state index contributed by atoms with van der Waals surface area (Å²) in [6, 6.07) is 12.1. The molecule has 1 nitrogen and oxygen atoms in total. The van der Waals surface area contributed by atoms with Crippen molar-refractivity contribution in [2.45, 2.75) is 13.5 Å². The van der Waals surface area contributed by atoms with E-state index in [4.69, 9.17) is 0 Å². The highest BCUT2D eigenvalue weighted by Crippen LogP contribution is 2.12. The van der Waals surface area contributed by atoms with E-state index in [0.717, 1.165) is 17.4 Å². The zero-order valence-electron chi connectivity index (χ0n) is 6.39. The molecule has 2 rings (SSSR count). The minimum Gasteiger partial charge on any atom is -0.339 e. The lowest BCUT2D eigenvalue weighted by atomic mass is 10.2. The fraction of sp³-hybridized carbons (Fsp3) is 0.200. The summed E-state index contributed by atoms with van der Waals surface area (Å²) >= 11 is 0. The molecule has 0 aliphatic heterocycles. The van der Waals surface area contributed by atoms with Crippen molar-refractivity contribution in [3.63, 3.8) is 0 Å². The van der Waals surface area contributed by atoms with E-state index in [1.54, 1.807) is 0 Å². The Hall–Kier alpha value is -1.24. The third-order valence-electron chi connectivity index (χ3n) is 1.76. The second-order valence-corrected chi connectivity index (χ2v) is 2.41. The van der Waals surface area contributed by atoms with Gasteiger partial charge in [0.2, 0.25) is 0 Å². The SMILES string of the molecule is CCn1[c][c]c2[c]cccc21. The summed E-state index contributed by atoms with van der Waals surface area (Å²) in [6.07, 6.45) is 3.02. The van der Waals surface area contributed by atoms with E-state index in [1.807, 2.05) is 16.7 Å². The molecule has 1 heterocycles. The summed E-state index contributed by atoms with van der Waals surface area (Å²) in [5, 5.41) is 1.02. The average molecular weight is 142 g/mol. The molecule has 1 aromatic carbocycles. The van der Waals surface area contributed by atoms with Crippen LogP contribution in [0.1, 0.15) is 6.92 Å². The molecule has 1 heteroatoms. The normalized spacial score (nSPS) is 10.6. The van der Waals surface area contributed by atoms with Crippen LogP contribution in [0, 0.1) is 18.3 Å². The smallest absolute Gasteiger partial charge is 0.0746 e. The number of fused-ring (bicyclic) bond motifs is 1. The molecule has 0 atom stereocenters. The maximum Gasteiger partial charge on any atom is 0.0746 e. The van der Waals surface area contributed by atoms with Crippen molar-refractivity contribution in [3.05, 3.63) is 36.5 Å². The molecule has 53 valence electrons. The van der Waals surface area contributed by atoms with Gasteiger partial charge in [-0.25, -0.2) is 0 Å². The Morgan fingerprint density at radius 3 is 3.27 bits per heavy atom. The van der Waals surface area contributed by atoms with E-state index < -0.39 is 0 Å². The lowest BCUT2D eigenvalue weighted by Crippen LogP contribution is -1.89. The van der Waals surface area contributed by atoms with E-state index in [1.165, 1.54) is 0 Å². The molecule has 0 aliphatic carbocycles. The molecular weight excluding hydrogens is 134 g/mol. The number of hydrogen-bond donors (Lipinski definition) is 0. The van der Waals surface area contributed by atoms with Gasteiger partial charge in [0.1, 0.15) is 0 Å². The van der Waals surface area contributed by atoms with Crippen LogP contribution < -0.4 is 0 Å². The highest BCUT2D eigenvalue weighted by molar-refractivity contribution is 5.78. The molecule has 0 spiro atoms. The Labute approximate surface area is 66.3 Å². The average Bonchev–Trinajstić information content (AvgIpc) is 2.47. The molecule has 0 N–H and O–H groups in total. The van der Waals surface area contributed by atoms with Crippen LogP contribution in [-0.4, -0.2) is 4.57 Å². The number of nitrogens with zero attached hydrogens (tertiary/aromatic N) is 1. The first-order valence-corrected chi connectivity index (χ1v) is 3.71. The van der Waals surface area contributed by atoms with E-state index >= 15 is 0 Å². The van der Waals surface area contributed by atoms with Gasteiger partial charge in [-0.1, -0.05) is 12.1 Å². The van der Waals surface area contributed by atoms with Crippen molar-refractivity contribution in [3.8, 4) is 0 Å². The molecule has 0 bridgehead atoms. The third-order valence-corrected chi connectivity index (χ3v) is 1.76. The lowest BCUT2D eigenvalue weighted by molar-refractivity contribution is 0.791. The number of aromatic nitrogens is 1. The lowest BCUT2D eigenvalue weighted by Gasteiger charge is -1.97. The minimum atomic E-state index is 0.942. The summed E-state index contributed by atoms with van der Waals surface area (Å²) in [6.45, 7) is 3.04. The van der Waals surface area contributed by atoms with Gasteiger partial charge in [-0.2, -0.15) is 0 Å². The van der Waals surface area contributed by atoms with Gasteiger partial charge in [0.15, 0.2) is 0 Å². The Kier molecular flexibility index (Phi) is 1.42. The molecule has 0 saturated carbocycles. The summed E-state index contributed by atoms with van der Waals surface area (Å²) in [7, 11) is 0. The first-order valence-electron chi connectivity index (χ1n) is 3.71. The first-order chi connectivity index (χ1) is 5.42. The van der Waals surface area contributed by atoms with Crippen molar-refractivity contribution in [1.29, 1.82) is 0 Å². The second kappa shape index (κ2) is 2.42. The van der Waals surface area contributed by atoms with Gasteiger partial charge < -0.3 is 4.57 Å². The molecule has 3 radical (unpaired) electrons. The van der Waals surface area contributed by atoms with E-state index in [2.05, 4.69) is 31.3 Å². The molecule has 11 heavy (non-hydrogen) atoms. The quantitative estimate of drug-likeness (QED) is 0.574. The van der Waals surface area contributed by atoms with Crippen molar-refractivity contribution in [2.24, 2.45) is 0 Å².